The molecule has 4 aromatic rings. The van der Waals surface area contributed by atoms with Crippen molar-refractivity contribution in [2.45, 2.75) is 12.6 Å². The summed E-state index contributed by atoms with van der Waals surface area (Å²) in [5.74, 6) is 0. The lowest BCUT2D eigenvalue weighted by Crippen LogP contribution is -2.48. The van der Waals surface area contributed by atoms with E-state index in [0.29, 0.717) is 10.0 Å². The molecule has 1 heterocycles. The molecule has 162 valence electrons. The number of halogens is 3. The summed E-state index contributed by atoms with van der Waals surface area (Å²) in [7, 11) is 0. The Hall–Kier alpha value is -2.23. The van der Waals surface area contributed by atoms with Gasteiger partial charge in [0.2, 0.25) is 0 Å². The van der Waals surface area contributed by atoms with Crippen molar-refractivity contribution in [3.63, 3.8) is 0 Å². The highest BCUT2D eigenvalue weighted by Gasteiger charge is 2.30. The number of nitrogens with zero attached hydrogens (tertiary/aromatic N) is 2. The average molecular weight is 482 g/mol. The first-order chi connectivity index (χ1) is 15.6. The quantitative estimate of drug-likeness (QED) is 0.293. The van der Waals surface area contributed by atoms with Gasteiger partial charge in [-0.15, -0.1) is 0 Å². The normalized spacial score (nSPS) is 17.1. The van der Waals surface area contributed by atoms with E-state index in [-0.39, 0.29) is 6.04 Å². The van der Waals surface area contributed by atoms with Crippen LogP contribution in [0.5, 0.6) is 0 Å². The standard InChI is InChI=1S/C27H23Cl3N2/c28-22-10-8-20(9-11-22)27-18-31(14-15-32(27)26-13-12-23(29)16-25(26)30)17-21-6-3-5-19-4-1-2-7-24(19)21/h1-13,16,27H,14-15,17-18H2. The molecule has 0 saturated carbocycles. The van der Waals surface area contributed by atoms with Gasteiger partial charge < -0.3 is 4.90 Å². The van der Waals surface area contributed by atoms with Crippen LogP contribution in [0, 0.1) is 0 Å². The molecule has 1 aliphatic rings. The van der Waals surface area contributed by atoms with Gasteiger partial charge in [0.05, 0.1) is 16.8 Å². The van der Waals surface area contributed by atoms with Crippen LogP contribution in [0.1, 0.15) is 17.2 Å². The van der Waals surface area contributed by atoms with E-state index in [2.05, 4.69) is 64.4 Å². The Balaban J connectivity index is 1.46. The summed E-state index contributed by atoms with van der Waals surface area (Å²) in [6.07, 6.45) is 0. The van der Waals surface area contributed by atoms with Gasteiger partial charge in [0.1, 0.15) is 0 Å². The smallest absolute Gasteiger partial charge is 0.0670 e. The first-order valence-corrected chi connectivity index (χ1v) is 11.9. The van der Waals surface area contributed by atoms with Crippen LogP contribution in [0.3, 0.4) is 0 Å². The number of benzene rings is 4. The minimum Gasteiger partial charge on any atom is -0.361 e. The summed E-state index contributed by atoms with van der Waals surface area (Å²) in [6, 6.07) is 29.2. The summed E-state index contributed by atoms with van der Waals surface area (Å²) < 4.78 is 0. The zero-order chi connectivity index (χ0) is 22.1. The maximum absolute atomic E-state index is 6.61. The third-order valence-corrected chi connectivity index (χ3v) is 7.00. The van der Waals surface area contributed by atoms with Gasteiger partial charge >= 0.3 is 0 Å². The molecule has 5 rings (SSSR count). The summed E-state index contributed by atoms with van der Waals surface area (Å²) in [5.41, 5.74) is 3.60. The van der Waals surface area contributed by atoms with Gasteiger partial charge in [-0.25, -0.2) is 0 Å². The third-order valence-electron chi connectivity index (χ3n) is 6.21. The molecule has 0 bridgehead atoms. The molecule has 32 heavy (non-hydrogen) atoms. The maximum atomic E-state index is 6.61. The van der Waals surface area contributed by atoms with Crippen molar-refractivity contribution in [3.8, 4) is 0 Å². The first-order valence-electron chi connectivity index (χ1n) is 10.7. The Labute approximate surface area is 203 Å². The number of piperazine rings is 1. The molecule has 1 aliphatic heterocycles. The van der Waals surface area contributed by atoms with Gasteiger partial charge in [0, 0.05) is 36.2 Å². The van der Waals surface area contributed by atoms with E-state index in [9.17, 15) is 0 Å². The van der Waals surface area contributed by atoms with Gasteiger partial charge in [0.15, 0.2) is 0 Å². The number of fused-ring (bicyclic) bond motifs is 1. The molecule has 2 nitrogen and oxygen atoms in total. The van der Waals surface area contributed by atoms with E-state index in [1.54, 1.807) is 0 Å². The van der Waals surface area contributed by atoms with E-state index in [0.717, 1.165) is 36.9 Å². The highest BCUT2D eigenvalue weighted by molar-refractivity contribution is 6.36. The fraction of sp³-hybridized carbons (Fsp3) is 0.185. The highest BCUT2D eigenvalue weighted by Crippen LogP contribution is 2.37. The molecule has 0 radical (unpaired) electrons. The molecule has 0 aliphatic carbocycles. The van der Waals surface area contributed by atoms with Crippen molar-refractivity contribution >= 4 is 51.3 Å². The lowest BCUT2D eigenvalue weighted by molar-refractivity contribution is 0.216. The van der Waals surface area contributed by atoms with Crippen LogP contribution >= 0.6 is 34.8 Å². The van der Waals surface area contributed by atoms with Crippen molar-refractivity contribution in [2.24, 2.45) is 0 Å². The second-order valence-electron chi connectivity index (χ2n) is 8.23. The zero-order valence-electron chi connectivity index (χ0n) is 17.5. The maximum Gasteiger partial charge on any atom is 0.0670 e. The van der Waals surface area contributed by atoms with Crippen molar-refractivity contribution < 1.29 is 0 Å². The molecule has 5 heteroatoms. The second-order valence-corrected chi connectivity index (χ2v) is 9.51. The zero-order valence-corrected chi connectivity index (χ0v) is 19.8. The molecule has 0 aromatic heterocycles. The highest BCUT2D eigenvalue weighted by atomic mass is 35.5. The van der Waals surface area contributed by atoms with Crippen LogP contribution in [0.4, 0.5) is 5.69 Å². The summed E-state index contributed by atoms with van der Waals surface area (Å²) in [5, 5.41) is 4.68. The SMILES string of the molecule is Clc1ccc(C2CN(Cc3cccc4ccccc34)CCN2c2ccc(Cl)cc2Cl)cc1. The van der Waals surface area contributed by atoms with Gasteiger partial charge in [-0.05, 0) is 52.2 Å². The number of hydrogen-bond donors (Lipinski definition) is 0. The monoisotopic (exact) mass is 480 g/mol. The summed E-state index contributed by atoms with van der Waals surface area (Å²) >= 11 is 19.0. The van der Waals surface area contributed by atoms with Gasteiger partial charge in [0.25, 0.3) is 0 Å². The van der Waals surface area contributed by atoms with Crippen LogP contribution in [0.2, 0.25) is 15.1 Å². The molecule has 0 amide bonds. The van der Waals surface area contributed by atoms with E-state index in [1.165, 1.54) is 21.9 Å². The molecular weight excluding hydrogens is 459 g/mol. The minimum atomic E-state index is 0.162. The Morgan fingerprint density at radius 1 is 0.750 bits per heavy atom. The van der Waals surface area contributed by atoms with E-state index < -0.39 is 0 Å². The van der Waals surface area contributed by atoms with E-state index in [4.69, 9.17) is 34.8 Å². The molecule has 1 saturated heterocycles. The Morgan fingerprint density at radius 2 is 1.50 bits per heavy atom. The van der Waals surface area contributed by atoms with Crippen LogP contribution in [-0.4, -0.2) is 24.5 Å². The number of rotatable bonds is 4. The Kier molecular flexibility index (Phi) is 6.30. The lowest BCUT2D eigenvalue weighted by Gasteiger charge is -2.43. The minimum absolute atomic E-state index is 0.162. The van der Waals surface area contributed by atoms with E-state index >= 15 is 0 Å². The molecule has 1 atom stereocenters. The molecular formula is C27H23Cl3N2. The van der Waals surface area contributed by atoms with Gasteiger partial charge in [-0.1, -0.05) is 89.4 Å². The molecule has 0 N–H and O–H groups in total. The topological polar surface area (TPSA) is 6.48 Å². The summed E-state index contributed by atoms with van der Waals surface area (Å²) in [4.78, 5) is 4.92. The second kappa shape index (κ2) is 9.33. The lowest BCUT2D eigenvalue weighted by atomic mass is 9.99. The largest absolute Gasteiger partial charge is 0.361 e. The third kappa shape index (κ3) is 4.46. The Bertz CT molecular complexity index is 1230. The molecule has 1 fully saturated rings. The first kappa shape index (κ1) is 21.6. The Morgan fingerprint density at radius 3 is 2.31 bits per heavy atom. The average Bonchev–Trinajstić information content (AvgIpc) is 2.80. The van der Waals surface area contributed by atoms with Crippen molar-refractivity contribution in [3.05, 3.63) is 111 Å². The predicted octanol–water partition coefficient (Wildman–Crippen LogP) is 7.86. The van der Waals surface area contributed by atoms with E-state index in [1.807, 2.05) is 30.3 Å². The van der Waals surface area contributed by atoms with Crippen molar-refractivity contribution in [2.75, 3.05) is 24.5 Å². The molecule has 0 spiro atoms. The van der Waals surface area contributed by atoms with Gasteiger partial charge in [-0.3, -0.25) is 4.90 Å². The van der Waals surface area contributed by atoms with Crippen LogP contribution in [-0.2, 0) is 6.54 Å². The predicted molar refractivity (Wildman–Crippen MR) is 137 cm³/mol. The molecule has 4 aromatic carbocycles. The summed E-state index contributed by atoms with van der Waals surface area (Å²) in [6.45, 7) is 3.63. The fourth-order valence-electron chi connectivity index (χ4n) is 4.63. The van der Waals surface area contributed by atoms with Crippen LogP contribution < -0.4 is 4.90 Å². The van der Waals surface area contributed by atoms with Crippen molar-refractivity contribution in [1.82, 2.24) is 4.90 Å². The number of anilines is 1. The molecule has 1 unspecified atom stereocenters. The van der Waals surface area contributed by atoms with Crippen LogP contribution in [0.15, 0.2) is 84.9 Å². The number of hydrogen-bond acceptors (Lipinski definition) is 2. The van der Waals surface area contributed by atoms with Crippen molar-refractivity contribution in [1.29, 1.82) is 0 Å². The van der Waals surface area contributed by atoms with Gasteiger partial charge in [-0.2, -0.15) is 0 Å². The fourth-order valence-corrected chi connectivity index (χ4v) is 5.27. The van der Waals surface area contributed by atoms with Crippen LogP contribution in [0.25, 0.3) is 10.8 Å².